The Kier molecular flexibility index (Phi) is 7.20. The van der Waals surface area contributed by atoms with Gasteiger partial charge in [0.2, 0.25) is 5.91 Å². The summed E-state index contributed by atoms with van der Waals surface area (Å²) in [4.78, 5) is 12.0. The monoisotopic (exact) mass is 338 g/mol. The molecule has 0 bridgehead atoms. The molecule has 2 atom stereocenters. The van der Waals surface area contributed by atoms with Crippen LogP contribution in [0.1, 0.15) is 24.0 Å². The third kappa shape index (κ3) is 5.71. The van der Waals surface area contributed by atoms with E-state index in [9.17, 15) is 4.79 Å². The molecule has 6 heteroatoms. The predicted octanol–water partition coefficient (Wildman–Crippen LogP) is 1.86. The molecule has 1 heterocycles. The first kappa shape index (κ1) is 18.1. The van der Waals surface area contributed by atoms with Crippen molar-refractivity contribution in [2.24, 2.45) is 5.73 Å². The number of rotatable bonds is 8. The highest BCUT2D eigenvalue weighted by molar-refractivity contribution is 7.98. The molecule has 1 saturated heterocycles. The van der Waals surface area contributed by atoms with Crippen LogP contribution in [0.5, 0.6) is 5.75 Å². The lowest BCUT2D eigenvalue weighted by atomic mass is 10.1. The lowest BCUT2D eigenvalue weighted by Gasteiger charge is -2.17. The molecule has 2 rings (SSSR count). The Morgan fingerprint density at radius 3 is 3.09 bits per heavy atom. The van der Waals surface area contributed by atoms with E-state index in [-0.39, 0.29) is 12.0 Å². The van der Waals surface area contributed by atoms with Gasteiger partial charge in [-0.15, -0.1) is 0 Å². The number of ether oxygens (including phenoxy) is 2. The van der Waals surface area contributed by atoms with Gasteiger partial charge in [0.05, 0.1) is 19.3 Å². The summed E-state index contributed by atoms with van der Waals surface area (Å²) in [6, 6.07) is 5.56. The maximum Gasteiger partial charge on any atom is 0.237 e. The lowest BCUT2D eigenvalue weighted by Crippen LogP contribution is -2.40. The zero-order valence-electron chi connectivity index (χ0n) is 13.8. The summed E-state index contributed by atoms with van der Waals surface area (Å²) < 4.78 is 11.4. The Labute approximate surface area is 142 Å². The van der Waals surface area contributed by atoms with Crippen molar-refractivity contribution in [2.75, 3.05) is 25.2 Å². The second kappa shape index (κ2) is 9.15. The van der Waals surface area contributed by atoms with Gasteiger partial charge in [-0.3, -0.25) is 4.79 Å². The third-order valence-corrected chi connectivity index (χ3v) is 4.47. The molecule has 3 N–H and O–H groups in total. The third-order valence-electron chi connectivity index (χ3n) is 3.83. The largest absolute Gasteiger partial charge is 0.488 e. The summed E-state index contributed by atoms with van der Waals surface area (Å²) >= 11 is 1.69. The molecule has 1 aliphatic rings. The van der Waals surface area contributed by atoms with Crippen molar-refractivity contribution >= 4 is 17.7 Å². The van der Waals surface area contributed by atoms with E-state index >= 15 is 0 Å². The molecule has 1 fully saturated rings. The summed E-state index contributed by atoms with van der Waals surface area (Å²) in [5, 5.41) is 2.91. The number of aryl methyl sites for hydroxylation is 1. The van der Waals surface area contributed by atoms with Gasteiger partial charge in [0, 0.05) is 18.5 Å². The second-order valence-corrected chi connectivity index (χ2v) is 6.81. The molecular formula is C17H26N2O3S. The molecule has 5 nitrogen and oxygen atoms in total. The number of hydrogen-bond donors (Lipinski definition) is 2. The molecule has 0 radical (unpaired) electrons. The summed E-state index contributed by atoms with van der Waals surface area (Å²) in [5.41, 5.74) is 7.98. The van der Waals surface area contributed by atoms with Crippen LogP contribution in [0.25, 0.3) is 0 Å². The van der Waals surface area contributed by atoms with Gasteiger partial charge in [-0.25, -0.2) is 0 Å². The molecule has 1 unspecified atom stereocenters. The highest BCUT2D eigenvalue weighted by Gasteiger charge is 2.19. The van der Waals surface area contributed by atoms with Crippen molar-refractivity contribution in [3.8, 4) is 5.75 Å². The molecule has 0 spiro atoms. The molecule has 1 aliphatic heterocycles. The topological polar surface area (TPSA) is 73.6 Å². The van der Waals surface area contributed by atoms with Crippen LogP contribution in [0.2, 0.25) is 0 Å². The number of thioether (sulfide) groups is 1. The van der Waals surface area contributed by atoms with Crippen LogP contribution in [0, 0.1) is 6.92 Å². The Morgan fingerprint density at radius 1 is 1.57 bits per heavy atom. The van der Waals surface area contributed by atoms with Crippen molar-refractivity contribution in [2.45, 2.75) is 38.5 Å². The number of carbonyl (C=O) groups excluding carboxylic acids is 1. The van der Waals surface area contributed by atoms with E-state index in [2.05, 4.69) is 5.32 Å². The van der Waals surface area contributed by atoms with Gasteiger partial charge >= 0.3 is 0 Å². The van der Waals surface area contributed by atoms with Crippen LogP contribution >= 0.6 is 11.8 Å². The summed E-state index contributed by atoms with van der Waals surface area (Å²) in [6.45, 7) is 3.82. The molecule has 23 heavy (non-hydrogen) atoms. The van der Waals surface area contributed by atoms with E-state index < -0.39 is 6.04 Å². The number of nitrogens with one attached hydrogen (secondary N) is 1. The lowest BCUT2D eigenvalue weighted by molar-refractivity contribution is -0.122. The predicted molar refractivity (Wildman–Crippen MR) is 93.9 cm³/mol. The van der Waals surface area contributed by atoms with Crippen molar-refractivity contribution < 1.29 is 14.3 Å². The normalized spacial score (nSPS) is 18.7. The van der Waals surface area contributed by atoms with Crippen LogP contribution in [-0.4, -0.2) is 43.3 Å². The number of benzene rings is 1. The number of nitrogens with two attached hydrogens (primary N) is 1. The zero-order chi connectivity index (χ0) is 16.7. The number of amides is 1. The minimum atomic E-state index is -0.458. The summed E-state index contributed by atoms with van der Waals surface area (Å²) in [7, 11) is 0. The average Bonchev–Trinajstić information content (AvgIpc) is 3.04. The number of carbonyl (C=O) groups is 1. The fourth-order valence-electron chi connectivity index (χ4n) is 2.39. The van der Waals surface area contributed by atoms with Crippen molar-refractivity contribution in [3.63, 3.8) is 0 Å². The Hall–Kier alpha value is -1.24. The van der Waals surface area contributed by atoms with E-state index in [1.165, 1.54) is 0 Å². The van der Waals surface area contributed by atoms with Gasteiger partial charge in [0.1, 0.15) is 11.9 Å². The molecule has 0 saturated carbocycles. The van der Waals surface area contributed by atoms with Crippen LogP contribution in [0.15, 0.2) is 18.2 Å². The fourth-order valence-corrected chi connectivity index (χ4v) is 2.88. The minimum Gasteiger partial charge on any atom is -0.488 e. The molecule has 0 aromatic heterocycles. The standard InChI is InChI=1S/C17H26N2O3S/c1-12-3-4-13(10-19-17(20)15(18)6-8-23-2)16(9-12)22-14-5-7-21-11-14/h3-4,9,14-15H,5-8,10-11,18H2,1-2H3,(H,19,20)/t14?,15-/m0/s1. The van der Waals surface area contributed by atoms with Crippen LogP contribution in [-0.2, 0) is 16.1 Å². The molecule has 1 aromatic rings. The quantitative estimate of drug-likeness (QED) is 0.757. The van der Waals surface area contributed by atoms with E-state index in [4.69, 9.17) is 15.2 Å². The maximum atomic E-state index is 12.0. The molecular weight excluding hydrogens is 312 g/mol. The first-order chi connectivity index (χ1) is 11.1. The molecule has 1 amide bonds. The van der Waals surface area contributed by atoms with E-state index in [1.54, 1.807) is 11.8 Å². The fraction of sp³-hybridized carbons (Fsp3) is 0.588. The van der Waals surface area contributed by atoms with Gasteiger partial charge in [0.25, 0.3) is 0 Å². The molecule has 128 valence electrons. The van der Waals surface area contributed by atoms with Crippen molar-refractivity contribution in [1.82, 2.24) is 5.32 Å². The second-order valence-electron chi connectivity index (χ2n) is 5.82. The van der Waals surface area contributed by atoms with Crippen molar-refractivity contribution in [1.29, 1.82) is 0 Å². The van der Waals surface area contributed by atoms with Crippen molar-refractivity contribution in [3.05, 3.63) is 29.3 Å². The first-order valence-electron chi connectivity index (χ1n) is 7.96. The summed E-state index contributed by atoms with van der Waals surface area (Å²) in [5.74, 6) is 1.59. The van der Waals surface area contributed by atoms with E-state index in [0.717, 1.165) is 35.7 Å². The minimum absolute atomic E-state index is 0.0927. The van der Waals surface area contributed by atoms with E-state index in [1.807, 2.05) is 31.4 Å². The first-order valence-corrected chi connectivity index (χ1v) is 9.35. The highest BCUT2D eigenvalue weighted by Crippen LogP contribution is 2.23. The van der Waals surface area contributed by atoms with Gasteiger partial charge in [-0.2, -0.15) is 11.8 Å². The van der Waals surface area contributed by atoms with Crippen LogP contribution in [0.4, 0.5) is 0 Å². The van der Waals surface area contributed by atoms with Crippen LogP contribution in [0.3, 0.4) is 0 Å². The SMILES string of the molecule is CSCC[C@H](N)C(=O)NCc1ccc(C)cc1OC1CCOC1. The van der Waals surface area contributed by atoms with Crippen LogP contribution < -0.4 is 15.8 Å². The molecule has 1 aromatic carbocycles. The Morgan fingerprint density at radius 2 is 2.39 bits per heavy atom. The van der Waals surface area contributed by atoms with E-state index in [0.29, 0.717) is 19.6 Å². The highest BCUT2D eigenvalue weighted by atomic mass is 32.2. The smallest absolute Gasteiger partial charge is 0.237 e. The summed E-state index contributed by atoms with van der Waals surface area (Å²) in [6.07, 6.45) is 3.69. The molecule has 0 aliphatic carbocycles. The zero-order valence-corrected chi connectivity index (χ0v) is 14.7. The van der Waals surface area contributed by atoms with Gasteiger partial charge in [-0.05, 0) is 37.0 Å². The Balaban J connectivity index is 1.94. The maximum absolute atomic E-state index is 12.0. The number of hydrogen-bond acceptors (Lipinski definition) is 5. The average molecular weight is 338 g/mol. The van der Waals surface area contributed by atoms with Gasteiger partial charge in [0.15, 0.2) is 0 Å². The Bertz CT molecular complexity index is 519. The van der Waals surface area contributed by atoms with Gasteiger partial charge in [-0.1, -0.05) is 12.1 Å². The van der Waals surface area contributed by atoms with Gasteiger partial charge < -0.3 is 20.5 Å².